The van der Waals surface area contributed by atoms with Gasteiger partial charge >= 0.3 is 57.7 Å². The summed E-state index contributed by atoms with van der Waals surface area (Å²) in [5, 5.41) is 4.51. The number of alkyl halides is 24. The standard InChI is InChI=1S/C38H42NO7PSi2.C32H12BF24.C8H12.Ir/c1-48(2,3)29-21-13-19-26-27-20-14-22-30(49(4,5)6)33(27)45-47(44-32(26)29)46-35-31-38(43-36(39-31)24-15-9-7-10-16-24)41-28-23-40-37(42-34(28)35)25-17-11-8-12-18-25;34-25(35,36)13-1-14(26(37,38)39)6-21(5-13)33(22-7-15(27(40,41)42)2-16(8-22)28(43,44)45,23-9-17(29(46,47)48)3-18(10-23)30(49,50)51)24-11-19(31(52,53)54)4-20(12-24)32(55,56)57;1-2-4-6-8-7-5-3-1;/h7-22,28,31,34-35,37-38H,23H2,1-6H3;1-12H;1-2,7-8H,3-6H2;/q;-1;;/t28-,31-,34-,35-,37-,38-;;;/m1.../s1. The minimum Gasteiger partial charge on any atom is -0.445 e. The topological polar surface area (TPSA) is 84.8 Å². The third-order valence-electron chi connectivity index (χ3n) is 19.1. The van der Waals surface area contributed by atoms with Crippen LogP contribution in [0.3, 0.4) is 0 Å². The third kappa shape index (κ3) is 20.6. The monoisotopic (exact) mass is 1880 g/mol. The first-order chi connectivity index (χ1) is 52.8. The van der Waals surface area contributed by atoms with Gasteiger partial charge in [-0.15, -0.1) is 0 Å². The van der Waals surface area contributed by atoms with E-state index in [0.717, 1.165) is 33.1 Å². The van der Waals surface area contributed by atoms with E-state index in [0.29, 0.717) is 12.5 Å². The average molecular weight is 1880 g/mol. The van der Waals surface area contributed by atoms with Crippen molar-refractivity contribution >= 4 is 90.6 Å². The summed E-state index contributed by atoms with van der Waals surface area (Å²) < 4.78 is 388. The van der Waals surface area contributed by atoms with E-state index >= 15 is 0 Å². The number of halogens is 24. The summed E-state index contributed by atoms with van der Waals surface area (Å²) in [6, 6.07) is 23.4. The van der Waals surface area contributed by atoms with E-state index in [1.54, 1.807) is 0 Å². The van der Waals surface area contributed by atoms with Gasteiger partial charge in [-0.25, -0.2) is 4.99 Å². The van der Waals surface area contributed by atoms with Crippen LogP contribution >= 0.6 is 8.24 Å². The second kappa shape index (κ2) is 33.7. The van der Waals surface area contributed by atoms with Gasteiger partial charge < -0.3 is 27.3 Å². The SMILES string of the molecule is C[Si](C)(C)c1cccc2c1op(O[C@@H]1[C@H]3N=C(c4ccccc4)O[C@H]3O[C@@H]3CO[C@@H](c4ccccc4)O[C@@H]13)oc1c([Si](C)(C)C)cccc12.FC(F)(F)c1cc([B-](c2cc(C(F)(F)F)cc(C(F)(F)F)c2)(c2cc(C(F)(F)F)cc(C(F)(F)F)c2)c2cc(C(F)(F)F)cc(C(F)(F)F)c2)cc(C(F)(F)F)c1.[CH]1[CH]CC[CH][CH]CC1.[Ir]. The molecule has 2 saturated heterocycles. The molecule has 1 aliphatic carbocycles. The summed E-state index contributed by atoms with van der Waals surface area (Å²) >= 11 is 0. The van der Waals surface area contributed by atoms with Crippen LogP contribution in [0.1, 0.15) is 87.6 Å². The number of benzene rings is 8. The normalized spacial score (nSPS) is 19.6. The predicted molar refractivity (Wildman–Crippen MR) is 385 cm³/mol. The first-order valence-electron chi connectivity index (χ1n) is 34.8. The maximum atomic E-state index is 14.2. The van der Waals surface area contributed by atoms with Gasteiger partial charge in [0.1, 0.15) is 41.7 Å². The Hall–Kier alpha value is -7.56. The van der Waals surface area contributed by atoms with Crippen molar-refractivity contribution < 1.29 is 157 Å². The van der Waals surface area contributed by atoms with E-state index in [1.165, 1.54) is 36.1 Å². The Kier molecular flexibility index (Phi) is 26.3. The van der Waals surface area contributed by atoms with Crippen molar-refractivity contribution in [3.63, 3.8) is 0 Å². The van der Waals surface area contributed by atoms with Crippen LogP contribution < -0.4 is 36.7 Å². The van der Waals surface area contributed by atoms with Crippen molar-refractivity contribution in [2.45, 2.75) is 151 Å². The average Bonchev–Trinajstić information content (AvgIpc) is 1.36. The van der Waals surface area contributed by atoms with E-state index in [-0.39, 0.29) is 20.1 Å². The van der Waals surface area contributed by atoms with Gasteiger partial charge in [0.2, 0.25) is 12.2 Å². The molecule has 115 heavy (non-hydrogen) atoms. The molecule has 0 spiro atoms. The molecular formula is C78H66BF24IrNO7PSi2-. The Morgan fingerprint density at radius 3 is 1.03 bits per heavy atom. The quantitative estimate of drug-likeness (QED) is 0.0996. The van der Waals surface area contributed by atoms with Crippen molar-refractivity contribution in [2.75, 3.05) is 6.61 Å². The number of para-hydroxylation sites is 2. The largest absolute Gasteiger partial charge is 0.445 e. The van der Waals surface area contributed by atoms with Gasteiger partial charge in [0, 0.05) is 42.0 Å². The van der Waals surface area contributed by atoms with Crippen LogP contribution in [-0.2, 0) is 88.5 Å². The fourth-order valence-electron chi connectivity index (χ4n) is 13.8. The van der Waals surface area contributed by atoms with Gasteiger partial charge in [-0.05, 0) is 98.1 Å². The van der Waals surface area contributed by atoms with E-state index in [1.807, 2.05) is 60.7 Å². The second-order valence-electron chi connectivity index (χ2n) is 29.3. The molecule has 0 unspecified atom stereocenters. The molecule has 3 fully saturated rings. The van der Waals surface area contributed by atoms with E-state index in [4.69, 9.17) is 36.9 Å². The molecule has 0 amide bonds. The molecule has 5 radical (unpaired) electrons. The molecule has 3 aliphatic heterocycles. The molecule has 8 nitrogen and oxygen atoms in total. The van der Waals surface area contributed by atoms with E-state index < -0.39 is 256 Å². The fourth-order valence-corrected chi connectivity index (χ4v) is 18.2. The van der Waals surface area contributed by atoms with Crippen molar-refractivity contribution in [1.82, 2.24) is 0 Å². The van der Waals surface area contributed by atoms with E-state index in [2.05, 4.69) is 101 Å². The molecule has 4 heterocycles. The second-order valence-corrected chi connectivity index (χ2v) is 40.4. The number of ether oxygens (including phenoxy) is 4. The van der Waals surface area contributed by atoms with Crippen LogP contribution in [0.15, 0.2) is 183 Å². The number of hydrogen-bond donors (Lipinski definition) is 0. The Morgan fingerprint density at radius 1 is 0.400 bits per heavy atom. The summed E-state index contributed by atoms with van der Waals surface area (Å²) in [7, 11) is -5.67. The minimum absolute atomic E-state index is 0. The van der Waals surface area contributed by atoms with Crippen LogP contribution in [0.5, 0.6) is 0 Å². The smallest absolute Gasteiger partial charge is 0.416 e. The van der Waals surface area contributed by atoms with Crippen LogP contribution in [0.25, 0.3) is 21.9 Å². The summed E-state index contributed by atoms with van der Waals surface area (Å²) in [5.41, 5.74) is -26.7. The van der Waals surface area contributed by atoms with Crippen LogP contribution in [0.2, 0.25) is 39.3 Å². The van der Waals surface area contributed by atoms with Gasteiger partial charge in [0.05, 0.1) is 67.3 Å². The third-order valence-corrected chi connectivity index (χ3v) is 24.2. The molecule has 1 saturated carbocycles. The Bertz CT molecular complexity index is 4460. The van der Waals surface area contributed by atoms with Crippen LogP contribution in [0.4, 0.5) is 105 Å². The summed E-state index contributed by atoms with van der Waals surface area (Å²) in [6.07, 6.45) is -43.7. The minimum atomic E-state index is -6.13. The Labute approximate surface area is 658 Å². The summed E-state index contributed by atoms with van der Waals surface area (Å²) in [6.45, 7) is 14.3. The molecule has 619 valence electrons. The molecule has 4 aliphatic rings. The van der Waals surface area contributed by atoms with Gasteiger partial charge in [-0.1, -0.05) is 173 Å². The summed E-state index contributed by atoms with van der Waals surface area (Å²) in [5.74, 6) is 0.511. The molecular weight excluding hydrogens is 1810 g/mol. The first-order valence-corrected chi connectivity index (χ1v) is 42.9. The number of rotatable bonds is 10. The molecule has 0 bridgehead atoms. The number of nitrogens with zero attached hydrogens (tertiary/aromatic N) is 1. The number of fused-ring (bicyclic) bond motifs is 5. The van der Waals surface area contributed by atoms with Gasteiger partial charge in [-0.2, -0.15) is 127 Å². The van der Waals surface area contributed by atoms with Crippen molar-refractivity contribution in [2.24, 2.45) is 4.99 Å². The van der Waals surface area contributed by atoms with E-state index in [9.17, 15) is 105 Å². The van der Waals surface area contributed by atoms with Crippen molar-refractivity contribution in [3.8, 4) is 0 Å². The zero-order valence-electron chi connectivity index (χ0n) is 60.7. The predicted octanol–water partition coefficient (Wildman–Crippen LogP) is 21.5. The fraction of sp³-hybridized carbons (Fsp3) is 0.321. The number of hydrogen-bond acceptors (Lipinski definition) is 8. The van der Waals surface area contributed by atoms with Gasteiger partial charge in [0.15, 0.2) is 6.29 Å². The molecule has 8 aromatic carbocycles. The van der Waals surface area contributed by atoms with Crippen LogP contribution in [0, 0.1) is 25.7 Å². The molecule has 13 rings (SSSR count). The van der Waals surface area contributed by atoms with Crippen molar-refractivity contribution in [1.29, 1.82) is 0 Å². The van der Waals surface area contributed by atoms with Crippen molar-refractivity contribution in [3.05, 3.63) is 251 Å². The molecule has 37 heteroatoms. The number of aliphatic imine (C=N–C) groups is 1. The zero-order valence-corrected chi connectivity index (χ0v) is 66.0. The maximum Gasteiger partial charge on any atom is 0.416 e. The molecule has 6 atom stereocenters. The molecule has 0 N–H and O–H groups in total. The van der Waals surface area contributed by atoms with Gasteiger partial charge in [0.25, 0.3) is 0 Å². The first kappa shape index (κ1) is 89.8. The molecule has 9 aromatic rings. The summed E-state index contributed by atoms with van der Waals surface area (Å²) in [4.78, 5) is 5.08. The Balaban J connectivity index is 0.000000221. The Morgan fingerprint density at radius 2 is 0.722 bits per heavy atom. The molecule has 1 aromatic heterocycles. The maximum absolute atomic E-state index is 14.2. The van der Waals surface area contributed by atoms with Gasteiger partial charge in [-0.3, -0.25) is 4.52 Å². The van der Waals surface area contributed by atoms with Crippen LogP contribution in [-0.4, -0.2) is 65.4 Å². The zero-order chi connectivity index (χ0) is 83.5.